The minimum atomic E-state index is -1.08. The van der Waals surface area contributed by atoms with Crippen molar-refractivity contribution in [3.8, 4) is 0 Å². The van der Waals surface area contributed by atoms with E-state index in [0.29, 0.717) is 11.7 Å². The summed E-state index contributed by atoms with van der Waals surface area (Å²) in [6.45, 7) is 3.84. The minimum Gasteiger partial charge on any atom is -0.477 e. The summed E-state index contributed by atoms with van der Waals surface area (Å²) >= 11 is 0. The summed E-state index contributed by atoms with van der Waals surface area (Å²) in [6, 6.07) is 3.82. The van der Waals surface area contributed by atoms with Gasteiger partial charge in [0.1, 0.15) is 5.69 Å². The van der Waals surface area contributed by atoms with Gasteiger partial charge < -0.3 is 9.67 Å². The number of carbonyl (C=O) groups is 2. The van der Waals surface area contributed by atoms with Crippen LogP contribution in [-0.2, 0) is 7.05 Å². The number of aryl methyl sites for hydroxylation is 3. The van der Waals surface area contributed by atoms with E-state index in [-0.39, 0.29) is 11.3 Å². The molecule has 1 aromatic heterocycles. The number of carbonyl (C=O) groups excluding carboxylic acids is 1. The molecule has 0 aliphatic heterocycles. The first-order valence-corrected chi connectivity index (χ1v) is 5.25. The zero-order valence-corrected chi connectivity index (χ0v) is 9.94. The van der Waals surface area contributed by atoms with Crippen LogP contribution in [0.1, 0.15) is 32.0 Å². The van der Waals surface area contributed by atoms with Crippen molar-refractivity contribution in [3.63, 3.8) is 0 Å². The van der Waals surface area contributed by atoms with Gasteiger partial charge in [0.2, 0.25) is 0 Å². The lowest BCUT2D eigenvalue weighted by molar-refractivity contribution is 0.0684. The Labute approximate surface area is 98.5 Å². The first-order valence-electron chi connectivity index (χ1n) is 5.25. The Balaban J connectivity index is 3.04. The second-order valence-electron chi connectivity index (χ2n) is 4.22. The number of aromatic carboxylic acids is 1. The van der Waals surface area contributed by atoms with Crippen LogP contribution < -0.4 is 0 Å². The normalized spacial score (nSPS) is 10.8. The fourth-order valence-electron chi connectivity index (χ4n) is 2.41. The largest absolute Gasteiger partial charge is 0.477 e. The van der Waals surface area contributed by atoms with Gasteiger partial charge in [0.05, 0.1) is 11.1 Å². The van der Waals surface area contributed by atoms with Gasteiger partial charge in [-0.05, 0) is 25.5 Å². The average Bonchev–Trinajstić information content (AvgIpc) is 2.50. The zero-order valence-electron chi connectivity index (χ0n) is 9.94. The molecule has 0 bridgehead atoms. The van der Waals surface area contributed by atoms with Crippen LogP contribution in [0.15, 0.2) is 12.1 Å². The highest BCUT2D eigenvalue weighted by Crippen LogP contribution is 2.28. The lowest BCUT2D eigenvalue weighted by atomic mass is 10.1. The molecule has 1 heterocycles. The Hall–Kier alpha value is -2.10. The van der Waals surface area contributed by atoms with E-state index < -0.39 is 5.97 Å². The van der Waals surface area contributed by atoms with E-state index in [1.807, 2.05) is 26.0 Å². The molecule has 0 saturated carbocycles. The van der Waals surface area contributed by atoms with E-state index in [1.165, 1.54) is 0 Å². The number of rotatable bonds is 2. The van der Waals surface area contributed by atoms with Gasteiger partial charge in [0.25, 0.3) is 0 Å². The summed E-state index contributed by atoms with van der Waals surface area (Å²) in [5.41, 5.74) is 3.08. The van der Waals surface area contributed by atoms with Crippen LogP contribution in [0.5, 0.6) is 0 Å². The quantitative estimate of drug-likeness (QED) is 0.807. The summed E-state index contributed by atoms with van der Waals surface area (Å²) in [4.78, 5) is 22.3. The van der Waals surface area contributed by atoms with Gasteiger partial charge in [-0.3, -0.25) is 4.79 Å². The molecule has 2 rings (SSSR count). The van der Waals surface area contributed by atoms with E-state index in [0.717, 1.165) is 16.6 Å². The Kier molecular flexibility index (Phi) is 2.50. The van der Waals surface area contributed by atoms with Crippen molar-refractivity contribution >= 4 is 23.2 Å². The molecule has 2 aromatic rings. The third kappa shape index (κ3) is 1.53. The number of aldehydes is 1. The van der Waals surface area contributed by atoms with Crippen molar-refractivity contribution in [1.82, 2.24) is 4.57 Å². The van der Waals surface area contributed by atoms with E-state index in [9.17, 15) is 9.59 Å². The topological polar surface area (TPSA) is 59.3 Å². The molecule has 0 radical (unpaired) electrons. The molecule has 1 N–H and O–H groups in total. The Bertz CT molecular complexity index is 638. The fraction of sp³-hybridized carbons (Fsp3) is 0.231. The lowest BCUT2D eigenvalue weighted by Crippen LogP contribution is -2.07. The van der Waals surface area contributed by atoms with E-state index in [1.54, 1.807) is 11.6 Å². The first-order chi connectivity index (χ1) is 7.97. The molecule has 4 nitrogen and oxygen atoms in total. The van der Waals surface area contributed by atoms with Gasteiger partial charge >= 0.3 is 5.97 Å². The first kappa shape index (κ1) is 11.4. The molecule has 88 valence electrons. The highest BCUT2D eigenvalue weighted by Gasteiger charge is 2.21. The van der Waals surface area contributed by atoms with Crippen molar-refractivity contribution in [2.24, 2.45) is 7.05 Å². The van der Waals surface area contributed by atoms with Gasteiger partial charge in [0.15, 0.2) is 6.29 Å². The predicted molar refractivity (Wildman–Crippen MR) is 64.7 cm³/mol. The number of nitrogens with zero attached hydrogens (tertiary/aromatic N) is 1. The van der Waals surface area contributed by atoms with Gasteiger partial charge in [-0.25, -0.2) is 4.79 Å². The number of carboxylic acids is 1. The molecular weight excluding hydrogens is 218 g/mol. The number of hydrogen-bond acceptors (Lipinski definition) is 2. The minimum absolute atomic E-state index is 0.0451. The van der Waals surface area contributed by atoms with Crippen molar-refractivity contribution < 1.29 is 14.7 Å². The number of carboxylic acid groups (broad SMARTS) is 1. The van der Waals surface area contributed by atoms with Crippen LogP contribution in [0.4, 0.5) is 0 Å². The van der Waals surface area contributed by atoms with E-state index in [2.05, 4.69) is 0 Å². The number of hydrogen-bond donors (Lipinski definition) is 1. The maximum Gasteiger partial charge on any atom is 0.353 e. The van der Waals surface area contributed by atoms with Crippen LogP contribution in [0, 0.1) is 13.8 Å². The molecular formula is C13H13NO3. The summed E-state index contributed by atoms with van der Waals surface area (Å²) in [5, 5.41) is 9.87. The Morgan fingerprint density at radius 1 is 1.35 bits per heavy atom. The second kappa shape index (κ2) is 3.73. The molecule has 0 atom stereocenters. The molecule has 0 fully saturated rings. The predicted octanol–water partition coefficient (Wildman–Crippen LogP) is 2.31. The number of fused-ring (bicyclic) bond motifs is 1. The van der Waals surface area contributed by atoms with Crippen LogP contribution in [0.25, 0.3) is 10.9 Å². The monoisotopic (exact) mass is 231 g/mol. The molecule has 0 aliphatic carbocycles. The third-order valence-electron chi connectivity index (χ3n) is 2.98. The average molecular weight is 231 g/mol. The maximum atomic E-state index is 11.2. The number of benzene rings is 1. The SMILES string of the molecule is Cc1cc(C)c2c(c1)c(C=O)c(C(=O)O)n2C. The van der Waals surface area contributed by atoms with Gasteiger partial charge in [-0.1, -0.05) is 11.6 Å². The van der Waals surface area contributed by atoms with E-state index in [4.69, 9.17) is 5.11 Å². The fourth-order valence-corrected chi connectivity index (χ4v) is 2.41. The molecule has 0 spiro atoms. The van der Waals surface area contributed by atoms with Crippen LogP contribution in [-0.4, -0.2) is 21.9 Å². The van der Waals surface area contributed by atoms with Gasteiger partial charge in [0, 0.05) is 12.4 Å². The Morgan fingerprint density at radius 3 is 2.53 bits per heavy atom. The molecule has 0 amide bonds. The summed E-state index contributed by atoms with van der Waals surface area (Å²) < 4.78 is 1.57. The molecule has 0 saturated heterocycles. The highest BCUT2D eigenvalue weighted by atomic mass is 16.4. The van der Waals surface area contributed by atoms with Crippen molar-refractivity contribution in [1.29, 1.82) is 0 Å². The molecule has 0 aliphatic rings. The Morgan fingerprint density at radius 2 is 2.00 bits per heavy atom. The molecule has 4 heteroatoms. The molecule has 17 heavy (non-hydrogen) atoms. The van der Waals surface area contributed by atoms with Gasteiger partial charge in [-0.15, -0.1) is 0 Å². The van der Waals surface area contributed by atoms with Crippen LogP contribution in [0.3, 0.4) is 0 Å². The van der Waals surface area contributed by atoms with Crippen molar-refractivity contribution in [2.75, 3.05) is 0 Å². The summed E-state index contributed by atoms with van der Waals surface area (Å²) in [6.07, 6.45) is 0.616. The number of aromatic nitrogens is 1. The lowest BCUT2D eigenvalue weighted by Gasteiger charge is -2.03. The standard InChI is InChI=1S/C13H13NO3/c1-7-4-8(2)11-9(5-7)10(6-15)12(13(16)17)14(11)3/h4-6H,1-3H3,(H,16,17). The second-order valence-corrected chi connectivity index (χ2v) is 4.22. The molecule has 0 unspecified atom stereocenters. The third-order valence-corrected chi connectivity index (χ3v) is 2.98. The molecule has 1 aromatic carbocycles. The zero-order chi connectivity index (χ0) is 12.7. The summed E-state index contributed by atoms with van der Waals surface area (Å²) in [5.74, 6) is -1.08. The van der Waals surface area contributed by atoms with Crippen molar-refractivity contribution in [2.45, 2.75) is 13.8 Å². The van der Waals surface area contributed by atoms with Crippen molar-refractivity contribution in [3.05, 3.63) is 34.5 Å². The summed E-state index contributed by atoms with van der Waals surface area (Å²) in [7, 11) is 1.67. The van der Waals surface area contributed by atoms with E-state index >= 15 is 0 Å². The smallest absolute Gasteiger partial charge is 0.353 e. The van der Waals surface area contributed by atoms with Crippen LogP contribution in [0.2, 0.25) is 0 Å². The van der Waals surface area contributed by atoms with Gasteiger partial charge in [-0.2, -0.15) is 0 Å². The van der Waals surface area contributed by atoms with Crippen LogP contribution >= 0.6 is 0 Å². The highest BCUT2D eigenvalue weighted by molar-refractivity contribution is 6.09. The maximum absolute atomic E-state index is 11.2.